The number of rotatable bonds is 7. The lowest BCUT2D eigenvalue weighted by Crippen LogP contribution is -2.51. The zero-order valence-electron chi connectivity index (χ0n) is 17.7. The van der Waals surface area contributed by atoms with Crippen molar-refractivity contribution in [3.63, 3.8) is 0 Å². The summed E-state index contributed by atoms with van der Waals surface area (Å²) in [5, 5.41) is 0. The van der Waals surface area contributed by atoms with Crippen LogP contribution in [0.5, 0.6) is 11.5 Å². The SMILES string of the molecule is COc1ccc(N2CCN(C(=O)CN(C)S(=O)(=O)c3cc(F)ccc3OC)CC2)cc1. The van der Waals surface area contributed by atoms with Crippen molar-refractivity contribution >= 4 is 21.6 Å². The molecule has 31 heavy (non-hydrogen) atoms. The van der Waals surface area contributed by atoms with Crippen LogP contribution in [0.4, 0.5) is 10.1 Å². The third-order valence-electron chi connectivity index (χ3n) is 5.24. The van der Waals surface area contributed by atoms with Crippen molar-refractivity contribution in [1.82, 2.24) is 9.21 Å². The number of carbonyl (C=O) groups is 1. The normalized spacial score (nSPS) is 14.6. The van der Waals surface area contributed by atoms with Crippen molar-refractivity contribution in [2.24, 2.45) is 0 Å². The van der Waals surface area contributed by atoms with Crippen LogP contribution >= 0.6 is 0 Å². The van der Waals surface area contributed by atoms with Crippen molar-refractivity contribution in [3.05, 3.63) is 48.3 Å². The second-order valence-electron chi connectivity index (χ2n) is 7.12. The summed E-state index contributed by atoms with van der Waals surface area (Å²) in [5.41, 5.74) is 1.03. The van der Waals surface area contributed by atoms with Gasteiger partial charge in [0.2, 0.25) is 15.9 Å². The lowest BCUT2D eigenvalue weighted by atomic mass is 10.2. The van der Waals surface area contributed by atoms with Gasteiger partial charge in [-0.05, 0) is 42.5 Å². The van der Waals surface area contributed by atoms with Crippen molar-refractivity contribution in [3.8, 4) is 11.5 Å². The standard InChI is InChI=1S/C21H26FN3O5S/c1-23(31(27,28)20-14-16(22)4-9-19(20)30-3)15-21(26)25-12-10-24(11-13-25)17-5-7-18(29-2)8-6-17/h4-9,14H,10-13,15H2,1-3H3. The van der Waals surface area contributed by atoms with Crippen molar-refractivity contribution in [1.29, 1.82) is 0 Å². The molecule has 8 nitrogen and oxygen atoms in total. The third kappa shape index (κ3) is 5.08. The van der Waals surface area contributed by atoms with Crippen LogP contribution in [0, 0.1) is 5.82 Å². The highest BCUT2D eigenvalue weighted by Gasteiger charge is 2.29. The molecule has 2 aromatic carbocycles. The predicted octanol–water partition coefficient (Wildman–Crippen LogP) is 1.81. The number of sulfonamides is 1. The Kier molecular flexibility index (Phi) is 7.01. The van der Waals surface area contributed by atoms with E-state index in [2.05, 4.69) is 4.90 Å². The summed E-state index contributed by atoms with van der Waals surface area (Å²) < 4.78 is 50.5. The molecule has 1 heterocycles. The molecule has 0 bridgehead atoms. The molecule has 1 aliphatic heterocycles. The Morgan fingerprint density at radius 2 is 1.68 bits per heavy atom. The van der Waals surface area contributed by atoms with Gasteiger partial charge in [0.05, 0.1) is 20.8 Å². The lowest BCUT2D eigenvalue weighted by Gasteiger charge is -2.36. The fourth-order valence-electron chi connectivity index (χ4n) is 3.40. The fourth-order valence-corrected chi connectivity index (χ4v) is 4.69. The highest BCUT2D eigenvalue weighted by molar-refractivity contribution is 7.89. The van der Waals surface area contributed by atoms with Crippen molar-refractivity contribution < 1.29 is 27.1 Å². The van der Waals surface area contributed by atoms with Crippen LogP contribution in [0.25, 0.3) is 0 Å². The van der Waals surface area contributed by atoms with Crippen molar-refractivity contribution in [2.45, 2.75) is 4.90 Å². The van der Waals surface area contributed by atoms with Gasteiger partial charge in [0.1, 0.15) is 22.2 Å². The Balaban J connectivity index is 1.62. The van der Waals surface area contributed by atoms with Gasteiger partial charge in [-0.3, -0.25) is 4.79 Å². The van der Waals surface area contributed by atoms with Crippen LogP contribution in [0.1, 0.15) is 0 Å². The van der Waals surface area contributed by atoms with Crippen molar-refractivity contribution in [2.75, 3.05) is 58.9 Å². The third-order valence-corrected chi connectivity index (χ3v) is 7.07. The average molecular weight is 452 g/mol. The Morgan fingerprint density at radius 1 is 1.03 bits per heavy atom. The summed E-state index contributed by atoms with van der Waals surface area (Å²) in [5.74, 6) is -0.213. The first-order valence-electron chi connectivity index (χ1n) is 9.73. The zero-order valence-corrected chi connectivity index (χ0v) is 18.6. The van der Waals surface area contributed by atoms with Gasteiger partial charge in [-0.15, -0.1) is 0 Å². The fraction of sp³-hybridized carbons (Fsp3) is 0.381. The molecule has 0 N–H and O–H groups in total. The topological polar surface area (TPSA) is 79.4 Å². The molecule has 0 aliphatic carbocycles. The first-order valence-corrected chi connectivity index (χ1v) is 11.2. The van der Waals surface area contributed by atoms with Gasteiger partial charge in [0.15, 0.2) is 0 Å². The van der Waals surface area contributed by atoms with E-state index in [1.54, 1.807) is 12.0 Å². The quantitative estimate of drug-likeness (QED) is 0.639. The molecule has 0 saturated carbocycles. The number of hydrogen-bond donors (Lipinski definition) is 0. The van der Waals surface area contributed by atoms with Gasteiger partial charge < -0.3 is 19.3 Å². The van der Waals surface area contributed by atoms with Crippen LogP contribution in [0.3, 0.4) is 0 Å². The molecular formula is C21H26FN3O5S. The maximum Gasteiger partial charge on any atom is 0.247 e. The van der Waals surface area contributed by atoms with Gasteiger partial charge >= 0.3 is 0 Å². The molecule has 0 unspecified atom stereocenters. The number of methoxy groups -OCH3 is 2. The number of nitrogens with zero attached hydrogens (tertiary/aromatic N) is 3. The summed E-state index contributed by atoms with van der Waals surface area (Å²) in [4.78, 5) is 16.2. The molecule has 3 rings (SSSR count). The van der Waals surface area contributed by atoms with E-state index in [0.717, 1.165) is 27.9 Å². The largest absolute Gasteiger partial charge is 0.497 e. The minimum absolute atomic E-state index is 0.0220. The predicted molar refractivity (Wildman–Crippen MR) is 115 cm³/mol. The molecule has 1 aliphatic rings. The lowest BCUT2D eigenvalue weighted by molar-refractivity contribution is -0.131. The molecule has 168 valence electrons. The zero-order chi connectivity index (χ0) is 22.6. The molecule has 1 saturated heterocycles. The van der Waals surface area contributed by atoms with E-state index >= 15 is 0 Å². The molecule has 1 fully saturated rings. The summed E-state index contributed by atoms with van der Waals surface area (Å²) in [6.45, 7) is 1.87. The number of halogens is 1. The average Bonchev–Trinajstić information content (AvgIpc) is 2.79. The number of piperazine rings is 1. The van der Waals surface area contributed by atoms with E-state index in [9.17, 15) is 17.6 Å². The van der Waals surface area contributed by atoms with Gasteiger partial charge in [0.25, 0.3) is 0 Å². The summed E-state index contributed by atoms with van der Waals surface area (Å²) in [7, 11) is 0.114. The van der Waals surface area contributed by atoms with E-state index in [1.165, 1.54) is 20.2 Å². The van der Waals surface area contributed by atoms with Gasteiger partial charge in [-0.25, -0.2) is 12.8 Å². The summed E-state index contributed by atoms with van der Waals surface area (Å²) in [6.07, 6.45) is 0. The Labute approximate surface area is 181 Å². The molecule has 0 aromatic heterocycles. The summed E-state index contributed by atoms with van der Waals surface area (Å²) >= 11 is 0. The Bertz CT molecular complexity index is 1020. The minimum Gasteiger partial charge on any atom is -0.497 e. The van der Waals surface area contributed by atoms with Crippen LogP contribution < -0.4 is 14.4 Å². The highest BCUT2D eigenvalue weighted by atomic mass is 32.2. The van der Waals surface area contributed by atoms with Crippen LogP contribution in [0.15, 0.2) is 47.4 Å². The number of likely N-dealkylation sites (N-methyl/N-ethyl adjacent to an activating group) is 1. The highest BCUT2D eigenvalue weighted by Crippen LogP contribution is 2.27. The molecule has 2 aromatic rings. The van der Waals surface area contributed by atoms with Gasteiger partial charge in [-0.1, -0.05) is 0 Å². The molecule has 0 radical (unpaired) electrons. The number of anilines is 1. The molecule has 10 heteroatoms. The first kappa shape index (κ1) is 22.8. The van der Waals surface area contributed by atoms with E-state index in [0.29, 0.717) is 26.2 Å². The van der Waals surface area contributed by atoms with Gasteiger partial charge in [-0.2, -0.15) is 4.31 Å². The molecular weight excluding hydrogens is 425 g/mol. The molecule has 1 amide bonds. The molecule has 0 spiro atoms. The number of hydrogen-bond acceptors (Lipinski definition) is 6. The number of amides is 1. The Hall–Kier alpha value is -2.85. The second kappa shape index (κ2) is 9.52. The van der Waals surface area contributed by atoms with E-state index in [-0.39, 0.29) is 23.1 Å². The number of carbonyl (C=O) groups excluding carboxylic acids is 1. The smallest absolute Gasteiger partial charge is 0.247 e. The number of benzene rings is 2. The maximum absolute atomic E-state index is 13.6. The van der Waals surface area contributed by atoms with Gasteiger partial charge in [0, 0.05) is 38.9 Å². The second-order valence-corrected chi connectivity index (χ2v) is 9.14. The first-order chi connectivity index (χ1) is 14.8. The monoisotopic (exact) mass is 451 g/mol. The minimum atomic E-state index is -4.10. The van der Waals surface area contributed by atoms with E-state index < -0.39 is 15.8 Å². The van der Waals surface area contributed by atoms with Crippen LogP contribution in [-0.2, 0) is 14.8 Å². The van der Waals surface area contributed by atoms with Crippen LogP contribution in [-0.4, -0.2) is 77.5 Å². The van der Waals surface area contributed by atoms with Crippen LogP contribution in [0.2, 0.25) is 0 Å². The molecule has 0 atom stereocenters. The Morgan fingerprint density at radius 3 is 2.26 bits per heavy atom. The van der Waals surface area contributed by atoms with E-state index in [1.807, 2.05) is 24.3 Å². The maximum atomic E-state index is 13.6. The summed E-state index contributed by atoms with van der Waals surface area (Å²) in [6, 6.07) is 10.9. The number of ether oxygens (including phenoxy) is 2. The van der Waals surface area contributed by atoms with E-state index in [4.69, 9.17) is 9.47 Å².